The lowest BCUT2D eigenvalue weighted by molar-refractivity contribution is 0.243. The molecule has 0 saturated carbocycles. The minimum Gasteiger partial charge on any atom is -0.275 e. The van der Waals surface area contributed by atoms with E-state index in [1.165, 1.54) is 11.3 Å². The van der Waals surface area contributed by atoms with E-state index in [-0.39, 0.29) is 0 Å². The highest BCUT2D eigenvalue weighted by molar-refractivity contribution is 7.22. The highest BCUT2D eigenvalue weighted by Crippen LogP contribution is 2.24. The molecule has 1 aromatic carbocycles. The number of amides is 2. The first-order chi connectivity index (χ1) is 7.29. The van der Waals surface area contributed by atoms with Crippen LogP contribution in [0.3, 0.4) is 0 Å². The maximum atomic E-state index is 10.8. The molecule has 1 heterocycles. The Kier molecular flexibility index (Phi) is 2.66. The van der Waals surface area contributed by atoms with Crippen molar-refractivity contribution in [3.05, 3.63) is 24.3 Å². The van der Waals surface area contributed by atoms with Crippen molar-refractivity contribution < 1.29 is 4.79 Å². The Morgan fingerprint density at radius 1 is 1.40 bits per heavy atom. The van der Waals surface area contributed by atoms with E-state index in [1.54, 1.807) is 0 Å². The molecule has 6 nitrogen and oxygen atoms in total. The molecule has 78 valence electrons. The Balaban J connectivity index is 2.12. The van der Waals surface area contributed by atoms with Crippen molar-refractivity contribution in [1.82, 2.24) is 15.8 Å². The topological polar surface area (TPSA) is 92.1 Å². The summed E-state index contributed by atoms with van der Waals surface area (Å²) < 4.78 is 1.05. The van der Waals surface area contributed by atoms with Gasteiger partial charge in [-0.1, -0.05) is 23.5 Å². The van der Waals surface area contributed by atoms with Crippen LogP contribution in [0.2, 0.25) is 0 Å². The zero-order valence-electron chi connectivity index (χ0n) is 7.65. The average Bonchev–Trinajstić information content (AvgIpc) is 2.68. The van der Waals surface area contributed by atoms with Crippen LogP contribution in [0, 0.1) is 0 Å². The summed E-state index contributed by atoms with van der Waals surface area (Å²) in [7, 11) is 0. The number of urea groups is 1. The molecule has 7 heteroatoms. The van der Waals surface area contributed by atoms with Crippen LogP contribution in [0.25, 0.3) is 10.2 Å². The second-order valence-corrected chi connectivity index (χ2v) is 3.74. The number of nitrogens with one attached hydrogen (secondary N) is 3. The Morgan fingerprint density at radius 3 is 2.93 bits per heavy atom. The van der Waals surface area contributed by atoms with Crippen molar-refractivity contribution in [2.75, 3.05) is 5.43 Å². The summed E-state index contributed by atoms with van der Waals surface area (Å²) in [6, 6.07) is 7.19. The number of hydrazine groups is 2. The van der Waals surface area contributed by atoms with Gasteiger partial charge in [-0.05, 0) is 12.1 Å². The van der Waals surface area contributed by atoms with Crippen molar-refractivity contribution in [3.8, 4) is 0 Å². The van der Waals surface area contributed by atoms with Gasteiger partial charge in [-0.15, -0.1) is 0 Å². The van der Waals surface area contributed by atoms with Gasteiger partial charge in [-0.25, -0.2) is 21.0 Å². The zero-order valence-corrected chi connectivity index (χ0v) is 8.47. The van der Waals surface area contributed by atoms with Gasteiger partial charge in [0.25, 0.3) is 0 Å². The number of anilines is 1. The van der Waals surface area contributed by atoms with Gasteiger partial charge < -0.3 is 0 Å². The second-order valence-electron chi connectivity index (χ2n) is 2.71. The fourth-order valence-corrected chi connectivity index (χ4v) is 1.89. The number of carbonyl (C=O) groups excluding carboxylic acids is 1. The lowest BCUT2D eigenvalue weighted by atomic mass is 10.3. The number of nitrogens with two attached hydrogens (primary N) is 1. The van der Waals surface area contributed by atoms with Gasteiger partial charge >= 0.3 is 6.03 Å². The molecule has 0 spiro atoms. The molecule has 0 aliphatic heterocycles. The smallest absolute Gasteiger partial charge is 0.275 e. The minimum atomic E-state index is -0.519. The number of fused-ring (bicyclic) bond motifs is 1. The van der Waals surface area contributed by atoms with Gasteiger partial charge in [-0.3, -0.25) is 10.9 Å². The summed E-state index contributed by atoms with van der Waals surface area (Å²) in [5, 5.41) is 0.611. The minimum absolute atomic E-state index is 0.519. The lowest BCUT2D eigenvalue weighted by Gasteiger charge is -2.02. The highest BCUT2D eigenvalue weighted by atomic mass is 32.1. The summed E-state index contributed by atoms with van der Waals surface area (Å²) >= 11 is 1.44. The molecular weight excluding hydrogens is 214 g/mol. The van der Waals surface area contributed by atoms with Crippen molar-refractivity contribution >= 4 is 32.7 Å². The van der Waals surface area contributed by atoms with E-state index in [2.05, 4.69) is 15.8 Å². The van der Waals surface area contributed by atoms with Crippen LogP contribution < -0.4 is 22.1 Å². The van der Waals surface area contributed by atoms with E-state index in [0.29, 0.717) is 5.13 Å². The van der Waals surface area contributed by atoms with Gasteiger partial charge in [0.2, 0.25) is 5.13 Å². The molecule has 0 aliphatic rings. The maximum absolute atomic E-state index is 10.8. The molecule has 5 N–H and O–H groups in total. The normalized spacial score (nSPS) is 9.93. The van der Waals surface area contributed by atoms with E-state index < -0.39 is 6.03 Å². The zero-order chi connectivity index (χ0) is 10.7. The van der Waals surface area contributed by atoms with Crippen LogP contribution in [0.1, 0.15) is 0 Å². The second kappa shape index (κ2) is 4.11. The van der Waals surface area contributed by atoms with Gasteiger partial charge in [0, 0.05) is 0 Å². The summed E-state index contributed by atoms with van der Waals surface area (Å²) in [5.74, 6) is 4.89. The molecule has 0 unspecified atom stereocenters. The number of para-hydroxylation sites is 1. The number of hydrogen-bond donors (Lipinski definition) is 4. The number of benzene rings is 1. The molecule has 0 bridgehead atoms. The first-order valence-electron chi connectivity index (χ1n) is 4.18. The maximum Gasteiger partial charge on any atom is 0.347 e. The first kappa shape index (κ1) is 9.69. The molecular formula is C8H9N5OS. The highest BCUT2D eigenvalue weighted by Gasteiger charge is 2.02. The number of thiazole rings is 1. The third-order valence-corrected chi connectivity index (χ3v) is 2.66. The summed E-state index contributed by atoms with van der Waals surface area (Å²) in [4.78, 5) is 15.0. The van der Waals surface area contributed by atoms with Crippen LogP contribution in [0.5, 0.6) is 0 Å². The van der Waals surface area contributed by atoms with Crippen molar-refractivity contribution in [2.24, 2.45) is 5.84 Å². The molecule has 2 aromatic rings. The molecule has 15 heavy (non-hydrogen) atoms. The quantitative estimate of drug-likeness (QED) is 0.344. The number of aromatic nitrogens is 1. The summed E-state index contributed by atoms with van der Waals surface area (Å²) in [6.45, 7) is 0. The predicted octanol–water partition coefficient (Wildman–Crippen LogP) is 0.796. The number of nitrogens with zero attached hydrogens (tertiary/aromatic N) is 1. The largest absolute Gasteiger partial charge is 0.347 e. The van der Waals surface area contributed by atoms with Crippen molar-refractivity contribution in [1.29, 1.82) is 0 Å². The van der Waals surface area contributed by atoms with Gasteiger partial charge in [0.05, 0.1) is 10.2 Å². The van der Waals surface area contributed by atoms with Crippen LogP contribution in [0.4, 0.5) is 9.93 Å². The van der Waals surface area contributed by atoms with E-state index in [1.807, 2.05) is 29.7 Å². The Morgan fingerprint density at radius 2 is 2.20 bits per heavy atom. The molecule has 0 fully saturated rings. The fourth-order valence-electron chi connectivity index (χ4n) is 1.07. The summed E-state index contributed by atoms with van der Waals surface area (Å²) in [6.07, 6.45) is 0. The molecule has 0 aliphatic carbocycles. The van der Waals surface area contributed by atoms with Crippen LogP contribution in [-0.2, 0) is 0 Å². The number of carbonyl (C=O) groups is 1. The monoisotopic (exact) mass is 223 g/mol. The lowest BCUT2D eigenvalue weighted by Crippen LogP contribution is -2.42. The number of hydrogen-bond acceptors (Lipinski definition) is 5. The van der Waals surface area contributed by atoms with Crippen molar-refractivity contribution in [2.45, 2.75) is 0 Å². The van der Waals surface area contributed by atoms with Crippen LogP contribution >= 0.6 is 11.3 Å². The Hall–Kier alpha value is -1.86. The average molecular weight is 223 g/mol. The Bertz CT molecular complexity index is 450. The van der Waals surface area contributed by atoms with Crippen LogP contribution in [-0.4, -0.2) is 11.0 Å². The third kappa shape index (κ3) is 2.14. The van der Waals surface area contributed by atoms with E-state index in [4.69, 9.17) is 5.84 Å². The SMILES string of the molecule is NNC(=O)NNc1nc2ccccc2s1. The number of rotatable bonds is 2. The molecule has 1 aromatic heterocycles. The van der Waals surface area contributed by atoms with Gasteiger partial charge in [0.15, 0.2) is 0 Å². The molecule has 2 rings (SSSR count). The van der Waals surface area contributed by atoms with E-state index in [0.717, 1.165) is 10.2 Å². The molecule has 2 amide bonds. The standard InChI is InChI=1S/C8H9N5OS/c9-11-7(14)12-13-8-10-5-3-1-2-4-6(5)15-8/h1-4H,9H2,(H,10,13)(H2,11,12,14). The van der Waals surface area contributed by atoms with E-state index >= 15 is 0 Å². The molecule has 0 atom stereocenters. The first-order valence-corrected chi connectivity index (χ1v) is 4.99. The fraction of sp³-hybridized carbons (Fsp3) is 0. The molecule has 0 saturated heterocycles. The Labute approximate surface area is 89.4 Å². The van der Waals surface area contributed by atoms with Crippen molar-refractivity contribution in [3.63, 3.8) is 0 Å². The van der Waals surface area contributed by atoms with Crippen LogP contribution in [0.15, 0.2) is 24.3 Å². The summed E-state index contributed by atoms with van der Waals surface area (Å²) in [5.41, 5.74) is 7.80. The predicted molar refractivity (Wildman–Crippen MR) is 59.1 cm³/mol. The van der Waals surface area contributed by atoms with Gasteiger partial charge in [-0.2, -0.15) is 0 Å². The van der Waals surface area contributed by atoms with E-state index in [9.17, 15) is 4.79 Å². The molecule has 0 radical (unpaired) electrons. The van der Waals surface area contributed by atoms with Gasteiger partial charge in [0.1, 0.15) is 0 Å². The third-order valence-electron chi connectivity index (χ3n) is 1.71.